The summed E-state index contributed by atoms with van der Waals surface area (Å²) in [5.74, 6) is -0.169. The van der Waals surface area contributed by atoms with E-state index in [9.17, 15) is 13.6 Å². The Bertz CT molecular complexity index is 368. The molecule has 0 saturated carbocycles. The van der Waals surface area contributed by atoms with Gasteiger partial charge in [0.05, 0.1) is 19.7 Å². The van der Waals surface area contributed by atoms with Gasteiger partial charge in [-0.15, -0.1) is 0 Å². The number of carbonyl (C=O) groups is 1. The van der Waals surface area contributed by atoms with E-state index in [1.165, 1.54) is 12.4 Å². The molecule has 1 rings (SSSR count). The Morgan fingerprint density at radius 1 is 1.65 bits per heavy atom. The van der Waals surface area contributed by atoms with E-state index in [0.29, 0.717) is 6.61 Å². The summed E-state index contributed by atoms with van der Waals surface area (Å²) < 4.78 is 30.5. The predicted molar refractivity (Wildman–Crippen MR) is 56.4 cm³/mol. The fraction of sp³-hybridized carbons (Fsp3) is 0.600. The number of hydrogen-bond acceptors (Lipinski definition) is 4. The molecular formula is C10H15F2N3O2. The van der Waals surface area contributed by atoms with Gasteiger partial charge in [-0.3, -0.25) is 14.3 Å². The van der Waals surface area contributed by atoms with Gasteiger partial charge >= 0.3 is 12.5 Å². The summed E-state index contributed by atoms with van der Waals surface area (Å²) >= 11 is 0. The molecule has 0 aliphatic heterocycles. The van der Waals surface area contributed by atoms with Gasteiger partial charge in [-0.1, -0.05) is 0 Å². The quantitative estimate of drug-likeness (QED) is 0.710. The second-order valence-electron chi connectivity index (χ2n) is 3.51. The first-order chi connectivity index (χ1) is 8.04. The maximum Gasteiger partial charge on any atom is 0.320 e. The molecule has 0 N–H and O–H groups in total. The Morgan fingerprint density at radius 3 is 2.94 bits per heavy atom. The number of rotatable bonds is 6. The lowest BCUT2D eigenvalue weighted by Gasteiger charge is -2.15. The van der Waals surface area contributed by atoms with Crippen molar-refractivity contribution in [3.8, 4) is 0 Å². The number of nitrogens with zero attached hydrogens (tertiary/aromatic N) is 3. The summed E-state index contributed by atoms with van der Waals surface area (Å²) in [7, 11) is 1.64. The highest BCUT2D eigenvalue weighted by molar-refractivity contribution is 5.71. The molecule has 0 aliphatic rings. The zero-order valence-electron chi connectivity index (χ0n) is 9.77. The minimum atomic E-state index is -2.62. The van der Waals surface area contributed by atoms with Crippen molar-refractivity contribution in [2.75, 3.05) is 20.2 Å². The molecule has 17 heavy (non-hydrogen) atoms. The molecule has 1 heterocycles. The highest BCUT2D eigenvalue weighted by Gasteiger charge is 2.14. The number of alkyl halides is 2. The normalized spacial score (nSPS) is 11.2. The molecule has 0 fully saturated rings. The summed E-state index contributed by atoms with van der Waals surface area (Å²) in [4.78, 5) is 16.6. The zero-order chi connectivity index (χ0) is 12.8. The van der Waals surface area contributed by atoms with Crippen molar-refractivity contribution in [1.82, 2.24) is 14.5 Å². The molecule has 0 saturated heterocycles. The number of aromatic nitrogens is 2. The molecule has 5 nitrogen and oxygen atoms in total. The van der Waals surface area contributed by atoms with Crippen molar-refractivity contribution in [3.05, 3.63) is 18.2 Å². The van der Waals surface area contributed by atoms with Crippen LogP contribution in [0, 0.1) is 0 Å². The number of imidazole rings is 1. The van der Waals surface area contributed by atoms with E-state index in [4.69, 9.17) is 4.74 Å². The highest BCUT2D eigenvalue weighted by atomic mass is 19.3. The zero-order valence-corrected chi connectivity index (χ0v) is 9.77. The van der Waals surface area contributed by atoms with Gasteiger partial charge in [0.15, 0.2) is 0 Å². The van der Waals surface area contributed by atoms with Crippen molar-refractivity contribution < 1.29 is 18.3 Å². The van der Waals surface area contributed by atoms with Gasteiger partial charge in [0.25, 0.3) is 0 Å². The number of halogens is 2. The molecule has 0 aliphatic carbocycles. The van der Waals surface area contributed by atoms with Crippen LogP contribution in [0.2, 0.25) is 0 Å². The first-order valence-corrected chi connectivity index (χ1v) is 5.18. The third-order valence-corrected chi connectivity index (χ3v) is 2.07. The summed E-state index contributed by atoms with van der Waals surface area (Å²) in [6, 6.07) is 0. The van der Waals surface area contributed by atoms with Gasteiger partial charge in [0.1, 0.15) is 5.82 Å². The molecular weight excluding hydrogens is 232 g/mol. The van der Waals surface area contributed by atoms with E-state index in [1.54, 1.807) is 18.9 Å². The second kappa shape index (κ2) is 6.29. The maximum absolute atomic E-state index is 12.5. The van der Waals surface area contributed by atoms with Gasteiger partial charge in [0.2, 0.25) is 0 Å². The smallest absolute Gasteiger partial charge is 0.320 e. The Morgan fingerprint density at radius 2 is 2.35 bits per heavy atom. The van der Waals surface area contributed by atoms with Crippen LogP contribution in [0.15, 0.2) is 12.4 Å². The molecule has 0 radical (unpaired) electrons. The van der Waals surface area contributed by atoms with E-state index >= 15 is 0 Å². The van der Waals surface area contributed by atoms with Crippen LogP contribution in [0.5, 0.6) is 0 Å². The van der Waals surface area contributed by atoms with E-state index in [0.717, 1.165) is 4.57 Å². The molecule has 0 unspecified atom stereocenters. The SMILES string of the molecule is CCOC(=O)CN(C)Cc1nccn1C(F)F. The minimum Gasteiger partial charge on any atom is -0.465 e. The molecule has 0 amide bonds. The number of hydrogen-bond donors (Lipinski definition) is 0. The van der Waals surface area contributed by atoms with Gasteiger partial charge in [-0.2, -0.15) is 8.78 Å². The first kappa shape index (κ1) is 13.6. The van der Waals surface area contributed by atoms with Crippen molar-refractivity contribution >= 4 is 5.97 Å². The first-order valence-electron chi connectivity index (χ1n) is 5.18. The Kier molecular flexibility index (Phi) is 5.02. The number of ether oxygens (including phenoxy) is 1. The van der Waals surface area contributed by atoms with Crippen LogP contribution in [0.4, 0.5) is 8.78 Å². The molecule has 7 heteroatoms. The average Bonchev–Trinajstić information content (AvgIpc) is 2.65. The van der Waals surface area contributed by atoms with Crippen LogP contribution in [-0.2, 0) is 16.1 Å². The molecule has 0 aromatic carbocycles. The molecule has 1 aromatic rings. The lowest BCUT2D eigenvalue weighted by molar-refractivity contribution is -0.144. The Labute approximate surface area is 98.0 Å². The van der Waals surface area contributed by atoms with Gasteiger partial charge in [-0.05, 0) is 14.0 Å². The average molecular weight is 247 g/mol. The van der Waals surface area contributed by atoms with Crippen LogP contribution < -0.4 is 0 Å². The van der Waals surface area contributed by atoms with E-state index in [2.05, 4.69) is 4.98 Å². The number of likely N-dealkylation sites (N-methyl/N-ethyl adjacent to an activating group) is 1. The number of esters is 1. The predicted octanol–water partition coefficient (Wildman–Crippen LogP) is 1.27. The molecule has 0 spiro atoms. The standard InChI is InChI=1S/C10H15F2N3O2/c1-3-17-9(16)7-14(2)6-8-13-4-5-15(8)10(11)12/h4-5,10H,3,6-7H2,1-2H3. The molecule has 0 atom stereocenters. The van der Waals surface area contributed by atoms with Gasteiger partial charge in [0, 0.05) is 12.4 Å². The largest absolute Gasteiger partial charge is 0.465 e. The van der Waals surface area contributed by atoms with Crippen LogP contribution in [-0.4, -0.2) is 40.6 Å². The van der Waals surface area contributed by atoms with Crippen molar-refractivity contribution in [2.24, 2.45) is 0 Å². The Hall–Kier alpha value is -1.50. The second-order valence-corrected chi connectivity index (χ2v) is 3.51. The lowest BCUT2D eigenvalue weighted by Crippen LogP contribution is -2.28. The van der Waals surface area contributed by atoms with Crippen molar-refractivity contribution in [3.63, 3.8) is 0 Å². The third kappa shape index (κ3) is 4.10. The van der Waals surface area contributed by atoms with E-state index in [-0.39, 0.29) is 24.9 Å². The maximum atomic E-state index is 12.5. The van der Waals surface area contributed by atoms with Gasteiger partial charge < -0.3 is 4.74 Å². The molecule has 0 bridgehead atoms. The highest BCUT2D eigenvalue weighted by Crippen LogP contribution is 2.13. The summed E-state index contributed by atoms with van der Waals surface area (Å²) in [5.41, 5.74) is 0. The molecule has 1 aromatic heterocycles. The summed E-state index contributed by atoms with van der Waals surface area (Å²) in [5, 5.41) is 0. The van der Waals surface area contributed by atoms with Gasteiger partial charge in [-0.25, -0.2) is 4.98 Å². The summed E-state index contributed by atoms with van der Waals surface area (Å²) in [6.07, 6.45) is 2.51. The van der Waals surface area contributed by atoms with Crippen LogP contribution in [0.1, 0.15) is 19.3 Å². The van der Waals surface area contributed by atoms with E-state index < -0.39 is 6.55 Å². The molecule has 96 valence electrons. The van der Waals surface area contributed by atoms with Crippen LogP contribution in [0.3, 0.4) is 0 Å². The van der Waals surface area contributed by atoms with E-state index in [1.807, 2.05) is 0 Å². The fourth-order valence-electron chi connectivity index (χ4n) is 1.37. The monoisotopic (exact) mass is 247 g/mol. The lowest BCUT2D eigenvalue weighted by atomic mass is 10.5. The topological polar surface area (TPSA) is 47.4 Å². The number of carbonyl (C=O) groups excluding carboxylic acids is 1. The fourth-order valence-corrected chi connectivity index (χ4v) is 1.37. The van der Waals surface area contributed by atoms with Crippen LogP contribution in [0.25, 0.3) is 0 Å². The summed E-state index contributed by atoms with van der Waals surface area (Å²) in [6.45, 7) is -0.400. The third-order valence-electron chi connectivity index (χ3n) is 2.07. The van der Waals surface area contributed by atoms with Crippen molar-refractivity contribution in [1.29, 1.82) is 0 Å². The van der Waals surface area contributed by atoms with Crippen molar-refractivity contribution in [2.45, 2.75) is 20.0 Å². The Balaban J connectivity index is 2.53. The minimum absolute atomic E-state index is 0.0456. The van der Waals surface area contributed by atoms with Crippen LogP contribution >= 0.6 is 0 Å².